The molecule has 154 valence electrons. The maximum atomic E-state index is 12.8. The summed E-state index contributed by atoms with van der Waals surface area (Å²) in [5.74, 6) is 0.0980. The molecule has 0 saturated heterocycles. The Hall–Kier alpha value is -3.12. The minimum Gasteiger partial charge on any atom is -0.478 e. The van der Waals surface area contributed by atoms with Gasteiger partial charge >= 0.3 is 0 Å². The second-order valence-electron chi connectivity index (χ2n) is 7.37. The van der Waals surface area contributed by atoms with Gasteiger partial charge in [0.1, 0.15) is 5.75 Å². The first-order valence-corrected chi connectivity index (χ1v) is 10.3. The van der Waals surface area contributed by atoms with Crippen molar-refractivity contribution in [2.45, 2.75) is 26.4 Å². The number of aryl methyl sites for hydroxylation is 1. The van der Waals surface area contributed by atoms with Crippen LogP contribution in [-0.4, -0.2) is 17.4 Å². The normalized spacial score (nSPS) is 10.9. The molecule has 0 fully saturated rings. The fraction of sp³-hybridized carbons (Fsp3) is 0.167. The highest BCUT2D eigenvalue weighted by Gasteiger charge is 2.30. The second kappa shape index (κ2) is 9.13. The van der Waals surface area contributed by atoms with Gasteiger partial charge in [-0.25, -0.2) is 0 Å². The van der Waals surface area contributed by atoms with Crippen LogP contribution in [0.3, 0.4) is 0 Å². The molecule has 0 aliphatic heterocycles. The largest absolute Gasteiger partial charge is 0.478 e. The molecule has 0 radical (unpaired) electrons. The van der Waals surface area contributed by atoms with Gasteiger partial charge in [-0.15, -0.1) is 0 Å². The van der Waals surface area contributed by atoms with Gasteiger partial charge in [-0.2, -0.15) is 0 Å². The van der Waals surface area contributed by atoms with Crippen molar-refractivity contribution in [2.75, 3.05) is 10.6 Å². The van der Waals surface area contributed by atoms with Crippen LogP contribution in [0.25, 0.3) is 0 Å². The van der Waals surface area contributed by atoms with Crippen LogP contribution in [0.2, 0.25) is 0 Å². The number of carbonyl (C=O) groups is 2. The number of benzene rings is 3. The molecule has 0 bridgehead atoms. The van der Waals surface area contributed by atoms with E-state index in [-0.39, 0.29) is 11.8 Å². The van der Waals surface area contributed by atoms with Crippen molar-refractivity contribution < 1.29 is 14.3 Å². The van der Waals surface area contributed by atoms with Crippen molar-refractivity contribution in [3.63, 3.8) is 0 Å². The molecule has 0 aliphatic carbocycles. The van der Waals surface area contributed by atoms with Gasteiger partial charge in [0.2, 0.25) is 0 Å². The highest BCUT2D eigenvalue weighted by atomic mass is 79.9. The van der Waals surface area contributed by atoms with Crippen LogP contribution >= 0.6 is 15.9 Å². The fourth-order valence-corrected chi connectivity index (χ4v) is 3.09. The molecule has 0 heterocycles. The van der Waals surface area contributed by atoms with Gasteiger partial charge in [-0.05, 0) is 74.9 Å². The van der Waals surface area contributed by atoms with E-state index in [1.165, 1.54) is 0 Å². The summed E-state index contributed by atoms with van der Waals surface area (Å²) in [4.78, 5) is 25.3. The second-order valence-corrected chi connectivity index (χ2v) is 8.29. The summed E-state index contributed by atoms with van der Waals surface area (Å²) in [5, 5.41) is 5.72. The van der Waals surface area contributed by atoms with E-state index < -0.39 is 5.60 Å². The molecule has 0 unspecified atom stereocenters. The van der Waals surface area contributed by atoms with E-state index in [4.69, 9.17) is 4.74 Å². The Balaban J connectivity index is 1.68. The van der Waals surface area contributed by atoms with Crippen LogP contribution in [0.15, 0.2) is 77.3 Å². The number of halogens is 1. The molecule has 0 aromatic heterocycles. The van der Waals surface area contributed by atoms with Crippen molar-refractivity contribution in [2.24, 2.45) is 0 Å². The highest BCUT2D eigenvalue weighted by molar-refractivity contribution is 9.10. The summed E-state index contributed by atoms with van der Waals surface area (Å²) in [7, 11) is 0. The molecular weight excluding hydrogens is 444 g/mol. The van der Waals surface area contributed by atoms with E-state index in [1.54, 1.807) is 56.3 Å². The van der Waals surface area contributed by atoms with Gasteiger partial charge in [0.25, 0.3) is 11.8 Å². The van der Waals surface area contributed by atoms with Crippen LogP contribution in [0.1, 0.15) is 29.8 Å². The Kier molecular flexibility index (Phi) is 6.57. The van der Waals surface area contributed by atoms with E-state index >= 15 is 0 Å². The summed E-state index contributed by atoms with van der Waals surface area (Å²) in [6.45, 7) is 5.29. The van der Waals surface area contributed by atoms with E-state index in [1.807, 2.05) is 37.3 Å². The number of carbonyl (C=O) groups excluding carboxylic acids is 2. The maximum absolute atomic E-state index is 12.8. The molecule has 30 heavy (non-hydrogen) atoms. The molecule has 0 atom stereocenters. The number of hydrogen-bond donors (Lipinski definition) is 2. The van der Waals surface area contributed by atoms with Gasteiger partial charge in [-0.1, -0.05) is 40.2 Å². The first-order chi connectivity index (χ1) is 14.2. The zero-order valence-electron chi connectivity index (χ0n) is 17.0. The molecule has 2 N–H and O–H groups in total. The first kappa shape index (κ1) is 21.6. The Bertz CT molecular complexity index is 1060. The molecule has 3 rings (SSSR count). The Morgan fingerprint density at radius 2 is 1.50 bits per heavy atom. The van der Waals surface area contributed by atoms with E-state index in [0.29, 0.717) is 22.7 Å². The molecule has 2 amide bonds. The maximum Gasteiger partial charge on any atom is 0.267 e. The number of ether oxygens (including phenoxy) is 1. The van der Waals surface area contributed by atoms with Gasteiger partial charge < -0.3 is 15.4 Å². The summed E-state index contributed by atoms with van der Waals surface area (Å²) in [6, 6.07) is 21.7. The third-order valence-electron chi connectivity index (χ3n) is 4.50. The number of rotatable bonds is 6. The van der Waals surface area contributed by atoms with Gasteiger partial charge in [0.05, 0.1) is 0 Å². The average molecular weight is 467 g/mol. The van der Waals surface area contributed by atoms with Crippen LogP contribution in [0.5, 0.6) is 5.75 Å². The monoisotopic (exact) mass is 466 g/mol. The molecule has 6 heteroatoms. The minimum atomic E-state index is -1.09. The summed E-state index contributed by atoms with van der Waals surface area (Å²) in [5.41, 5.74) is 1.57. The van der Waals surface area contributed by atoms with Crippen molar-refractivity contribution >= 4 is 39.1 Å². The molecule has 0 saturated carbocycles. The lowest BCUT2D eigenvalue weighted by Crippen LogP contribution is -2.42. The summed E-state index contributed by atoms with van der Waals surface area (Å²) >= 11 is 3.38. The van der Waals surface area contributed by atoms with E-state index in [0.717, 1.165) is 10.0 Å². The number of anilines is 2. The summed E-state index contributed by atoms with van der Waals surface area (Å²) in [6.07, 6.45) is 0. The Morgan fingerprint density at radius 1 is 0.867 bits per heavy atom. The number of nitrogens with one attached hydrogen (secondary N) is 2. The number of hydrogen-bond acceptors (Lipinski definition) is 3. The average Bonchev–Trinajstić information content (AvgIpc) is 2.70. The quantitative estimate of drug-likeness (QED) is 0.481. The topological polar surface area (TPSA) is 67.4 Å². The van der Waals surface area contributed by atoms with Gasteiger partial charge in [0.15, 0.2) is 5.60 Å². The Morgan fingerprint density at radius 3 is 2.17 bits per heavy atom. The zero-order chi connectivity index (χ0) is 21.7. The highest BCUT2D eigenvalue weighted by Crippen LogP contribution is 2.23. The predicted octanol–water partition coefficient (Wildman–Crippen LogP) is 5.81. The fourth-order valence-electron chi connectivity index (χ4n) is 2.83. The van der Waals surface area contributed by atoms with Crippen LogP contribution < -0.4 is 15.4 Å². The van der Waals surface area contributed by atoms with E-state index in [9.17, 15) is 9.59 Å². The SMILES string of the molecule is Cc1ccccc1C(=O)Nc1cccc(NC(=O)C(C)(C)Oc2ccc(Br)cc2)c1. The van der Waals surface area contributed by atoms with Crippen molar-refractivity contribution in [1.29, 1.82) is 0 Å². The molecule has 0 aliphatic rings. The third kappa shape index (κ3) is 5.48. The predicted molar refractivity (Wildman–Crippen MR) is 123 cm³/mol. The summed E-state index contributed by atoms with van der Waals surface area (Å²) < 4.78 is 6.79. The molecule has 3 aromatic carbocycles. The van der Waals surface area contributed by atoms with Gasteiger partial charge in [-0.3, -0.25) is 9.59 Å². The Labute approximate surface area is 184 Å². The molecule has 5 nitrogen and oxygen atoms in total. The standard InChI is InChI=1S/C24H23BrN2O3/c1-16-7-4-5-10-21(16)22(28)26-18-8-6-9-19(15-18)27-23(29)24(2,3)30-20-13-11-17(25)12-14-20/h4-15H,1-3H3,(H,26,28)(H,27,29). The van der Waals surface area contributed by atoms with Crippen molar-refractivity contribution in [3.8, 4) is 5.75 Å². The van der Waals surface area contributed by atoms with E-state index in [2.05, 4.69) is 26.6 Å². The lowest BCUT2D eigenvalue weighted by Gasteiger charge is -2.25. The third-order valence-corrected chi connectivity index (χ3v) is 5.03. The molecular formula is C24H23BrN2O3. The zero-order valence-corrected chi connectivity index (χ0v) is 18.6. The number of amides is 2. The first-order valence-electron chi connectivity index (χ1n) is 9.48. The molecule has 3 aromatic rings. The van der Waals surface area contributed by atoms with Crippen LogP contribution in [-0.2, 0) is 4.79 Å². The van der Waals surface area contributed by atoms with Crippen LogP contribution in [0.4, 0.5) is 11.4 Å². The lowest BCUT2D eigenvalue weighted by atomic mass is 10.1. The smallest absolute Gasteiger partial charge is 0.267 e. The van der Waals surface area contributed by atoms with Crippen LogP contribution in [0, 0.1) is 6.92 Å². The lowest BCUT2D eigenvalue weighted by molar-refractivity contribution is -0.128. The van der Waals surface area contributed by atoms with Crippen molar-refractivity contribution in [1.82, 2.24) is 0 Å². The van der Waals surface area contributed by atoms with Gasteiger partial charge in [0, 0.05) is 21.4 Å². The van der Waals surface area contributed by atoms with Crippen molar-refractivity contribution in [3.05, 3.63) is 88.4 Å². The molecule has 0 spiro atoms. The minimum absolute atomic E-state index is 0.199.